The third-order valence-corrected chi connectivity index (χ3v) is 3.24. The summed E-state index contributed by atoms with van der Waals surface area (Å²) in [5.74, 6) is -0.415. The van der Waals surface area contributed by atoms with Crippen LogP contribution in [0.5, 0.6) is 0 Å². The van der Waals surface area contributed by atoms with Gasteiger partial charge in [-0.1, -0.05) is 6.92 Å². The van der Waals surface area contributed by atoms with Gasteiger partial charge in [-0.15, -0.1) is 0 Å². The number of nitrogen functional groups attached to an aromatic ring is 1. The lowest BCUT2D eigenvalue weighted by molar-refractivity contribution is -0.143. The largest absolute Gasteiger partial charge is 0.466 e. The molecule has 1 aromatic carbocycles. The summed E-state index contributed by atoms with van der Waals surface area (Å²) in [5.41, 5.74) is 7.73. The Bertz CT molecular complexity index is 517. The number of hydrogen-bond donors (Lipinski definition) is 2. The standard InChI is InChI=1S/C16H25N3O3/c1-4-9-19(10-8-15(20)22-5-2)16(21)12-6-7-14(18-3)13(17)11-12/h6-7,11,18H,4-5,8-10,17H2,1-3H3. The highest BCUT2D eigenvalue weighted by Gasteiger charge is 2.17. The van der Waals surface area contributed by atoms with Gasteiger partial charge in [-0.2, -0.15) is 0 Å². The van der Waals surface area contributed by atoms with Crippen LogP contribution in [0.3, 0.4) is 0 Å². The lowest BCUT2D eigenvalue weighted by Crippen LogP contribution is -2.34. The summed E-state index contributed by atoms with van der Waals surface area (Å²) in [6, 6.07) is 5.16. The van der Waals surface area contributed by atoms with Gasteiger partial charge in [-0.25, -0.2) is 0 Å². The van der Waals surface area contributed by atoms with Crippen LogP contribution in [0.4, 0.5) is 11.4 Å². The Morgan fingerprint density at radius 2 is 2.00 bits per heavy atom. The zero-order valence-electron chi connectivity index (χ0n) is 13.5. The topological polar surface area (TPSA) is 84.7 Å². The summed E-state index contributed by atoms with van der Waals surface area (Å²) in [4.78, 5) is 25.7. The number of carbonyl (C=O) groups is 2. The number of amides is 1. The second-order valence-corrected chi connectivity index (χ2v) is 4.90. The highest BCUT2D eigenvalue weighted by Crippen LogP contribution is 2.20. The molecule has 0 aliphatic heterocycles. The van der Waals surface area contributed by atoms with E-state index in [2.05, 4.69) is 5.32 Å². The van der Waals surface area contributed by atoms with Crippen molar-refractivity contribution in [3.05, 3.63) is 23.8 Å². The predicted octanol–water partition coefficient (Wildman–Crippen LogP) is 2.12. The molecule has 0 aromatic heterocycles. The molecule has 122 valence electrons. The van der Waals surface area contributed by atoms with E-state index >= 15 is 0 Å². The summed E-state index contributed by atoms with van der Waals surface area (Å²) < 4.78 is 4.90. The molecule has 0 aliphatic carbocycles. The van der Waals surface area contributed by atoms with Crippen LogP contribution in [0, 0.1) is 0 Å². The van der Waals surface area contributed by atoms with Crippen molar-refractivity contribution in [1.29, 1.82) is 0 Å². The van der Waals surface area contributed by atoms with Crippen molar-refractivity contribution in [3.63, 3.8) is 0 Å². The first-order valence-electron chi connectivity index (χ1n) is 7.55. The fourth-order valence-electron chi connectivity index (χ4n) is 2.15. The van der Waals surface area contributed by atoms with Gasteiger partial charge in [0.25, 0.3) is 5.91 Å². The Morgan fingerprint density at radius 1 is 1.27 bits per heavy atom. The van der Waals surface area contributed by atoms with Gasteiger partial charge in [-0.3, -0.25) is 9.59 Å². The highest BCUT2D eigenvalue weighted by atomic mass is 16.5. The molecule has 0 saturated heterocycles. The van der Waals surface area contributed by atoms with E-state index in [1.54, 1.807) is 37.1 Å². The SMILES string of the molecule is CCCN(CCC(=O)OCC)C(=O)c1ccc(NC)c(N)c1. The van der Waals surface area contributed by atoms with Crippen molar-refractivity contribution in [3.8, 4) is 0 Å². The fraction of sp³-hybridized carbons (Fsp3) is 0.500. The van der Waals surface area contributed by atoms with E-state index in [1.165, 1.54) is 0 Å². The van der Waals surface area contributed by atoms with Crippen LogP contribution in [-0.4, -0.2) is 43.5 Å². The molecule has 3 N–H and O–H groups in total. The molecule has 0 radical (unpaired) electrons. The normalized spacial score (nSPS) is 10.1. The first kappa shape index (κ1) is 17.8. The summed E-state index contributed by atoms with van der Waals surface area (Å²) in [7, 11) is 1.77. The molecule has 0 atom stereocenters. The zero-order chi connectivity index (χ0) is 16.5. The van der Waals surface area contributed by atoms with Gasteiger partial charge in [-0.05, 0) is 31.5 Å². The minimum atomic E-state index is -0.290. The van der Waals surface area contributed by atoms with Crippen molar-refractivity contribution < 1.29 is 14.3 Å². The first-order chi connectivity index (χ1) is 10.5. The Balaban J connectivity index is 2.79. The Morgan fingerprint density at radius 3 is 2.55 bits per heavy atom. The van der Waals surface area contributed by atoms with E-state index in [1.807, 2.05) is 6.92 Å². The first-order valence-corrected chi connectivity index (χ1v) is 7.55. The van der Waals surface area contributed by atoms with E-state index in [9.17, 15) is 9.59 Å². The van der Waals surface area contributed by atoms with Crippen molar-refractivity contribution in [1.82, 2.24) is 4.90 Å². The van der Waals surface area contributed by atoms with Gasteiger partial charge < -0.3 is 20.7 Å². The number of benzene rings is 1. The molecule has 0 saturated carbocycles. The van der Waals surface area contributed by atoms with Crippen molar-refractivity contribution in [2.45, 2.75) is 26.7 Å². The summed E-state index contributed by atoms with van der Waals surface area (Å²) in [6.45, 7) is 5.04. The van der Waals surface area contributed by atoms with Crippen LogP contribution >= 0.6 is 0 Å². The van der Waals surface area contributed by atoms with E-state index < -0.39 is 0 Å². The number of hydrogen-bond acceptors (Lipinski definition) is 5. The number of carbonyl (C=O) groups excluding carboxylic acids is 2. The number of anilines is 2. The van der Waals surface area contributed by atoms with Crippen molar-refractivity contribution in [2.75, 3.05) is 37.8 Å². The maximum Gasteiger partial charge on any atom is 0.307 e. The summed E-state index contributed by atoms with van der Waals surface area (Å²) in [5, 5.41) is 2.96. The van der Waals surface area contributed by atoms with Gasteiger partial charge in [0.1, 0.15) is 0 Å². The quantitative estimate of drug-likeness (QED) is 0.567. The highest BCUT2D eigenvalue weighted by molar-refractivity contribution is 5.96. The smallest absolute Gasteiger partial charge is 0.307 e. The maximum atomic E-state index is 12.6. The zero-order valence-corrected chi connectivity index (χ0v) is 13.5. The molecule has 1 rings (SSSR count). The molecular formula is C16H25N3O3. The minimum Gasteiger partial charge on any atom is -0.466 e. The van der Waals surface area contributed by atoms with Gasteiger partial charge in [0.05, 0.1) is 24.4 Å². The van der Waals surface area contributed by atoms with Crippen LogP contribution in [-0.2, 0) is 9.53 Å². The third-order valence-electron chi connectivity index (χ3n) is 3.24. The van der Waals surface area contributed by atoms with Gasteiger partial charge in [0.2, 0.25) is 0 Å². The molecule has 0 heterocycles. The van der Waals surface area contributed by atoms with Crippen LogP contribution in [0.1, 0.15) is 37.0 Å². The maximum absolute atomic E-state index is 12.6. The molecule has 1 aromatic rings. The van der Waals surface area contributed by atoms with Crippen molar-refractivity contribution >= 4 is 23.3 Å². The molecule has 0 bridgehead atoms. The molecule has 0 unspecified atom stereocenters. The van der Waals surface area contributed by atoms with Crippen LogP contribution in [0.25, 0.3) is 0 Å². The average molecular weight is 307 g/mol. The number of esters is 1. The van der Waals surface area contributed by atoms with Crippen molar-refractivity contribution in [2.24, 2.45) is 0 Å². The van der Waals surface area contributed by atoms with Crippen LogP contribution in [0.2, 0.25) is 0 Å². The van der Waals surface area contributed by atoms with Crippen LogP contribution < -0.4 is 11.1 Å². The summed E-state index contributed by atoms with van der Waals surface area (Å²) in [6.07, 6.45) is 1.02. The molecule has 0 spiro atoms. The van der Waals surface area contributed by atoms with E-state index in [0.717, 1.165) is 12.1 Å². The van der Waals surface area contributed by atoms with E-state index in [-0.39, 0.29) is 18.3 Å². The molecular weight excluding hydrogens is 282 g/mol. The summed E-state index contributed by atoms with van der Waals surface area (Å²) >= 11 is 0. The molecule has 6 heteroatoms. The second-order valence-electron chi connectivity index (χ2n) is 4.90. The number of ether oxygens (including phenoxy) is 1. The van der Waals surface area contributed by atoms with E-state index in [4.69, 9.17) is 10.5 Å². The fourth-order valence-corrected chi connectivity index (χ4v) is 2.15. The lowest BCUT2D eigenvalue weighted by atomic mass is 10.1. The number of nitrogens with zero attached hydrogens (tertiary/aromatic N) is 1. The number of nitrogens with two attached hydrogens (primary N) is 1. The number of nitrogens with one attached hydrogen (secondary N) is 1. The van der Waals surface area contributed by atoms with E-state index in [0.29, 0.717) is 30.9 Å². The monoisotopic (exact) mass is 307 g/mol. The third kappa shape index (κ3) is 4.95. The van der Waals surface area contributed by atoms with Gasteiger partial charge in [0, 0.05) is 25.7 Å². The van der Waals surface area contributed by atoms with Crippen LogP contribution in [0.15, 0.2) is 18.2 Å². The predicted molar refractivity (Wildman–Crippen MR) is 87.8 cm³/mol. The molecule has 0 aliphatic rings. The Kier molecular flexibility index (Phi) is 7.22. The number of rotatable bonds is 8. The minimum absolute atomic E-state index is 0.125. The Labute approximate surface area is 131 Å². The average Bonchev–Trinajstić information content (AvgIpc) is 2.51. The van der Waals surface area contributed by atoms with Gasteiger partial charge >= 0.3 is 5.97 Å². The molecule has 1 amide bonds. The van der Waals surface area contributed by atoms with Gasteiger partial charge in [0.15, 0.2) is 0 Å². The Hall–Kier alpha value is -2.24. The molecule has 0 fully saturated rings. The second kappa shape index (κ2) is 8.92. The molecule has 6 nitrogen and oxygen atoms in total. The molecule has 22 heavy (non-hydrogen) atoms. The lowest BCUT2D eigenvalue weighted by Gasteiger charge is -2.22.